The molecule has 2 aliphatic carbocycles. The maximum Gasteiger partial charge on any atom is 0.342 e. The van der Waals surface area contributed by atoms with Crippen LogP contribution >= 0.6 is 0 Å². The van der Waals surface area contributed by atoms with Crippen molar-refractivity contribution in [1.82, 2.24) is 0 Å². The summed E-state index contributed by atoms with van der Waals surface area (Å²) in [6.45, 7) is 1.14. The van der Waals surface area contributed by atoms with E-state index in [0.717, 1.165) is 6.92 Å². The standard InChI is InChI=1S/C9H9FO5/c1-3(11)15-5-2-4(12)6-7(5)9(6,10)8(13)14/h5-7H,2H2,1H3,(H,13,14)/t5-,6-,7+,9-/m0/s1. The number of esters is 1. The van der Waals surface area contributed by atoms with Gasteiger partial charge in [-0.1, -0.05) is 0 Å². The van der Waals surface area contributed by atoms with Gasteiger partial charge in [0, 0.05) is 13.3 Å². The monoisotopic (exact) mass is 216 g/mol. The zero-order valence-electron chi connectivity index (χ0n) is 7.90. The first-order valence-electron chi connectivity index (χ1n) is 4.51. The van der Waals surface area contributed by atoms with Crippen LogP contribution in [0.1, 0.15) is 13.3 Å². The van der Waals surface area contributed by atoms with E-state index in [0.29, 0.717) is 0 Å². The Morgan fingerprint density at radius 3 is 2.60 bits per heavy atom. The molecule has 0 amide bonds. The van der Waals surface area contributed by atoms with Crippen molar-refractivity contribution >= 4 is 17.7 Å². The summed E-state index contributed by atoms with van der Waals surface area (Å²) >= 11 is 0. The van der Waals surface area contributed by atoms with Gasteiger partial charge < -0.3 is 9.84 Å². The number of fused-ring (bicyclic) bond motifs is 1. The lowest BCUT2D eigenvalue weighted by Gasteiger charge is -2.14. The van der Waals surface area contributed by atoms with E-state index in [4.69, 9.17) is 9.84 Å². The predicted molar refractivity (Wildman–Crippen MR) is 43.6 cm³/mol. The Balaban J connectivity index is 2.18. The van der Waals surface area contributed by atoms with Crippen LogP contribution in [0.5, 0.6) is 0 Å². The number of carboxylic acids is 1. The molecule has 5 nitrogen and oxygen atoms in total. The minimum Gasteiger partial charge on any atom is -0.479 e. The predicted octanol–water partition coefficient (Wildman–Crippen LogP) is -0.0702. The van der Waals surface area contributed by atoms with Gasteiger partial charge in [0.1, 0.15) is 11.9 Å². The van der Waals surface area contributed by atoms with Gasteiger partial charge in [-0.15, -0.1) is 0 Å². The van der Waals surface area contributed by atoms with Crippen molar-refractivity contribution in [2.45, 2.75) is 25.1 Å². The van der Waals surface area contributed by atoms with E-state index < -0.39 is 41.3 Å². The first-order valence-corrected chi connectivity index (χ1v) is 4.51. The fourth-order valence-electron chi connectivity index (χ4n) is 2.36. The molecule has 0 aromatic carbocycles. The van der Waals surface area contributed by atoms with Gasteiger partial charge >= 0.3 is 11.9 Å². The molecular formula is C9H9FO5. The van der Waals surface area contributed by atoms with Crippen molar-refractivity contribution in [3.63, 3.8) is 0 Å². The van der Waals surface area contributed by atoms with Crippen molar-refractivity contribution in [1.29, 1.82) is 0 Å². The Labute approximate surface area is 84.2 Å². The van der Waals surface area contributed by atoms with Crippen LogP contribution in [0.25, 0.3) is 0 Å². The highest BCUT2D eigenvalue weighted by atomic mass is 19.1. The third-order valence-corrected chi connectivity index (χ3v) is 2.98. The Morgan fingerprint density at radius 2 is 2.20 bits per heavy atom. The molecule has 2 saturated carbocycles. The molecule has 0 unspecified atom stereocenters. The number of aliphatic carboxylic acids is 1. The van der Waals surface area contributed by atoms with Gasteiger partial charge in [-0.05, 0) is 0 Å². The molecule has 0 bridgehead atoms. The van der Waals surface area contributed by atoms with Crippen LogP contribution in [-0.4, -0.2) is 34.6 Å². The summed E-state index contributed by atoms with van der Waals surface area (Å²) in [6.07, 6.45) is -0.991. The van der Waals surface area contributed by atoms with Crippen LogP contribution in [0.3, 0.4) is 0 Å². The number of ether oxygens (including phenoxy) is 1. The zero-order valence-corrected chi connectivity index (χ0v) is 7.90. The van der Waals surface area contributed by atoms with Crippen LogP contribution in [-0.2, 0) is 19.1 Å². The third-order valence-electron chi connectivity index (χ3n) is 2.98. The number of Topliss-reactive ketones (excluding diaryl/α,β-unsaturated/α-hetero) is 1. The number of carboxylic acid groups (broad SMARTS) is 1. The van der Waals surface area contributed by atoms with Gasteiger partial charge in [0.2, 0.25) is 5.67 Å². The van der Waals surface area contributed by atoms with Crippen LogP contribution in [0.2, 0.25) is 0 Å². The van der Waals surface area contributed by atoms with Gasteiger partial charge in [0.25, 0.3) is 0 Å². The second-order valence-electron chi connectivity index (χ2n) is 3.89. The quantitative estimate of drug-likeness (QED) is 0.653. The number of ketones is 1. The molecule has 0 aromatic rings. The van der Waals surface area contributed by atoms with E-state index >= 15 is 0 Å². The highest BCUT2D eigenvalue weighted by molar-refractivity contribution is 6.00. The first kappa shape index (κ1) is 10.1. The summed E-state index contributed by atoms with van der Waals surface area (Å²) < 4.78 is 18.4. The van der Waals surface area contributed by atoms with Crippen LogP contribution in [0, 0.1) is 11.8 Å². The average molecular weight is 216 g/mol. The van der Waals surface area contributed by atoms with Crippen molar-refractivity contribution in [3.8, 4) is 0 Å². The molecule has 6 heteroatoms. The second-order valence-corrected chi connectivity index (χ2v) is 3.89. The SMILES string of the molecule is CC(=O)O[C@H]1CC(=O)[C@H]2[C@@H]1[C@]2(F)C(=O)O. The summed E-state index contributed by atoms with van der Waals surface area (Å²) in [7, 11) is 0. The lowest BCUT2D eigenvalue weighted by atomic mass is 10.1. The summed E-state index contributed by atoms with van der Waals surface area (Å²) in [5.74, 6) is -4.88. The van der Waals surface area contributed by atoms with Gasteiger partial charge in [0.15, 0.2) is 0 Å². The van der Waals surface area contributed by atoms with Gasteiger partial charge in [-0.3, -0.25) is 9.59 Å². The molecular weight excluding hydrogens is 207 g/mol. The van der Waals surface area contributed by atoms with Crippen molar-refractivity contribution in [3.05, 3.63) is 0 Å². The number of hydrogen-bond acceptors (Lipinski definition) is 4. The van der Waals surface area contributed by atoms with Crippen molar-refractivity contribution in [2.75, 3.05) is 0 Å². The Hall–Kier alpha value is -1.46. The van der Waals surface area contributed by atoms with Gasteiger partial charge in [0.05, 0.1) is 11.8 Å². The molecule has 2 fully saturated rings. The highest BCUT2D eigenvalue weighted by Crippen LogP contribution is 2.62. The van der Waals surface area contributed by atoms with Crippen molar-refractivity contribution in [2.24, 2.45) is 11.8 Å². The third kappa shape index (κ3) is 1.17. The lowest BCUT2D eigenvalue weighted by molar-refractivity contribution is -0.154. The summed E-state index contributed by atoms with van der Waals surface area (Å²) in [6, 6.07) is 0. The Morgan fingerprint density at radius 1 is 1.60 bits per heavy atom. The molecule has 0 saturated heterocycles. The topological polar surface area (TPSA) is 80.7 Å². The number of halogens is 1. The summed E-state index contributed by atoms with van der Waals surface area (Å²) in [5, 5.41) is 8.62. The Bertz CT molecular complexity index is 366. The van der Waals surface area contributed by atoms with E-state index in [9.17, 15) is 18.8 Å². The molecule has 0 spiro atoms. The maximum absolute atomic E-state index is 13.7. The number of carbonyl (C=O) groups is 3. The molecule has 82 valence electrons. The summed E-state index contributed by atoms with van der Waals surface area (Å²) in [4.78, 5) is 32.5. The number of alkyl halides is 1. The maximum atomic E-state index is 13.7. The Kier molecular flexibility index (Phi) is 1.86. The minimum atomic E-state index is -2.52. The van der Waals surface area contributed by atoms with Crippen LogP contribution in [0.15, 0.2) is 0 Å². The number of carbonyl (C=O) groups excluding carboxylic acids is 2. The molecule has 2 aliphatic rings. The fourth-order valence-corrected chi connectivity index (χ4v) is 2.36. The largest absolute Gasteiger partial charge is 0.479 e. The minimum absolute atomic E-state index is 0.0755. The van der Waals surface area contributed by atoms with Crippen molar-refractivity contribution < 1.29 is 28.6 Å². The molecule has 1 N–H and O–H groups in total. The molecule has 2 rings (SSSR count). The molecule has 15 heavy (non-hydrogen) atoms. The zero-order chi connectivity index (χ0) is 11.4. The molecule has 0 aromatic heterocycles. The normalized spacial score (nSPS) is 42.3. The fraction of sp³-hybridized carbons (Fsp3) is 0.667. The van der Waals surface area contributed by atoms with E-state index in [2.05, 4.69) is 0 Å². The molecule has 4 atom stereocenters. The van der Waals surface area contributed by atoms with Gasteiger partial charge in [-0.25, -0.2) is 9.18 Å². The summed E-state index contributed by atoms with van der Waals surface area (Å²) in [5.41, 5.74) is -2.52. The second kappa shape index (κ2) is 2.77. The highest BCUT2D eigenvalue weighted by Gasteiger charge is 2.81. The van der Waals surface area contributed by atoms with Crippen LogP contribution in [0.4, 0.5) is 4.39 Å². The number of hydrogen-bond donors (Lipinski definition) is 1. The van der Waals surface area contributed by atoms with E-state index in [1.54, 1.807) is 0 Å². The first-order chi connectivity index (χ1) is 6.89. The molecule has 0 aliphatic heterocycles. The van der Waals surface area contributed by atoms with E-state index in [1.165, 1.54) is 0 Å². The van der Waals surface area contributed by atoms with Crippen LogP contribution < -0.4 is 0 Å². The van der Waals surface area contributed by atoms with E-state index in [1.807, 2.05) is 0 Å². The molecule has 0 radical (unpaired) electrons. The molecule has 0 heterocycles. The van der Waals surface area contributed by atoms with Gasteiger partial charge in [-0.2, -0.15) is 0 Å². The van der Waals surface area contributed by atoms with E-state index in [-0.39, 0.29) is 6.42 Å². The number of rotatable bonds is 2. The smallest absolute Gasteiger partial charge is 0.342 e. The lowest BCUT2D eigenvalue weighted by Crippen LogP contribution is -2.31. The average Bonchev–Trinajstić information content (AvgIpc) is 2.58.